The van der Waals surface area contributed by atoms with E-state index >= 15 is 0 Å². The smallest absolute Gasteiger partial charge is 0.261 e. The lowest BCUT2D eigenvalue weighted by molar-refractivity contribution is -0.127. The first-order valence-electron chi connectivity index (χ1n) is 12.1. The van der Waals surface area contributed by atoms with Crippen LogP contribution in [0.25, 0.3) is 16.9 Å². The average molecular weight is 591 g/mol. The Morgan fingerprint density at radius 1 is 1.00 bits per heavy atom. The van der Waals surface area contributed by atoms with Gasteiger partial charge in [-0.15, -0.1) is 0 Å². The van der Waals surface area contributed by atoms with Crippen LogP contribution >= 0.6 is 27.5 Å². The molecule has 192 valence electrons. The van der Waals surface area contributed by atoms with Crippen LogP contribution in [0.5, 0.6) is 5.75 Å². The molecule has 2 aromatic heterocycles. The van der Waals surface area contributed by atoms with Crippen LogP contribution in [0.2, 0.25) is 5.02 Å². The average Bonchev–Trinajstić information content (AvgIpc) is 3.32. The highest BCUT2D eigenvalue weighted by Crippen LogP contribution is 2.30. The number of nitrogens with zero attached hydrogens (tertiary/aromatic N) is 3. The highest BCUT2D eigenvalue weighted by Gasteiger charge is 2.15. The van der Waals surface area contributed by atoms with Gasteiger partial charge in [0, 0.05) is 29.7 Å². The standard InChI is InChI=1S/C29H25BrClN5O2/c1-19(38-22-7-3-2-4-8-22)29(37)33-17-21-13-11-20(12-14-21)16-32-27-15-26(23-9-5-6-10-25(23)31)35-28-24(30)18-34-36(27)28/h2-15,18-19,32H,16-17H2,1H3,(H,33,37). The molecule has 0 radical (unpaired) electrons. The normalized spacial score (nSPS) is 11.8. The SMILES string of the molecule is CC(Oc1ccccc1)C(=O)NCc1ccc(CNc2cc(-c3ccccc3Cl)nc3c(Br)cnn23)cc1. The monoisotopic (exact) mass is 589 g/mol. The first-order chi connectivity index (χ1) is 18.5. The molecule has 5 aromatic rings. The Kier molecular flexibility index (Phi) is 7.91. The van der Waals surface area contributed by atoms with Crippen molar-refractivity contribution in [2.75, 3.05) is 5.32 Å². The Hall–Kier alpha value is -3.88. The van der Waals surface area contributed by atoms with Crippen LogP contribution in [-0.2, 0) is 17.9 Å². The second kappa shape index (κ2) is 11.7. The molecule has 1 unspecified atom stereocenters. The second-order valence-electron chi connectivity index (χ2n) is 8.70. The summed E-state index contributed by atoms with van der Waals surface area (Å²) in [5, 5.41) is 11.5. The van der Waals surface area contributed by atoms with Crippen molar-refractivity contribution in [3.05, 3.63) is 112 Å². The van der Waals surface area contributed by atoms with E-state index in [4.69, 9.17) is 21.3 Å². The number of amides is 1. The van der Waals surface area contributed by atoms with Crippen LogP contribution in [0.15, 0.2) is 95.6 Å². The van der Waals surface area contributed by atoms with Crippen LogP contribution in [-0.4, -0.2) is 26.6 Å². The predicted octanol–water partition coefficient (Wildman–Crippen LogP) is 6.51. The molecule has 1 amide bonds. The summed E-state index contributed by atoms with van der Waals surface area (Å²) in [5.41, 5.74) is 4.38. The Labute approximate surface area is 233 Å². The number of carbonyl (C=O) groups excluding carboxylic acids is 1. The van der Waals surface area contributed by atoms with Crippen molar-refractivity contribution in [1.29, 1.82) is 0 Å². The van der Waals surface area contributed by atoms with E-state index in [1.54, 1.807) is 17.6 Å². The van der Waals surface area contributed by atoms with E-state index in [1.165, 1.54) is 0 Å². The third kappa shape index (κ3) is 5.98. The zero-order valence-corrected chi connectivity index (χ0v) is 22.9. The van der Waals surface area contributed by atoms with Gasteiger partial charge in [0.05, 0.1) is 16.4 Å². The molecule has 0 aliphatic rings. The van der Waals surface area contributed by atoms with Crippen LogP contribution in [0.1, 0.15) is 18.1 Å². The first kappa shape index (κ1) is 25.8. The number of benzene rings is 3. The number of halogens is 2. The maximum atomic E-state index is 12.4. The van der Waals surface area contributed by atoms with Crippen LogP contribution in [0, 0.1) is 0 Å². The summed E-state index contributed by atoms with van der Waals surface area (Å²) in [6, 6.07) is 27.0. The number of nitrogens with one attached hydrogen (secondary N) is 2. The Morgan fingerprint density at radius 2 is 1.68 bits per heavy atom. The Balaban J connectivity index is 1.22. The molecular weight excluding hydrogens is 566 g/mol. The van der Waals surface area contributed by atoms with E-state index < -0.39 is 6.10 Å². The number of rotatable bonds is 9. The van der Waals surface area contributed by atoms with E-state index in [1.807, 2.05) is 84.9 Å². The largest absolute Gasteiger partial charge is 0.481 e. The minimum absolute atomic E-state index is 0.166. The summed E-state index contributed by atoms with van der Waals surface area (Å²) >= 11 is 9.97. The summed E-state index contributed by atoms with van der Waals surface area (Å²) < 4.78 is 8.24. The van der Waals surface area contributed by atoms with Gasteiger partial charge in [0.25, 0.3) is 5.91 Å². The number of carbonyl (C=O) groups is 1. The molecule has 5 rings (SSSR count). The van der Waals surface area contributed by atoms with Gasteiger partial charge < -0.3 is 15.4 Å². The number of hydrogen-bond donors (Lipinski definition) is 2. The molecule has 2 heterocycles. The predicted molar refractivity (Wildman–Crippen MR) is 153 cm³/mol. The Bertz CT molecular complexity index is 1560. The topological polar surface area (TPSA) is 80.5 Å². The highest BCUT2D eigenvalue weighted by molar-refractivity contribution is 9.10. The van der Waals surface area contributed by atoms with E-state index in [2.05, 4.69) is 31.7 Å². The van der Waals surface area contributed by atoms with Crippen molar-refractivity contribution in [3.63, 3.8) is 0 Å². The van der Waals surface area contributed by atoms with Crippen LogP contribution < -0.4 is 15.4 Å². The molecule has 0 aliphatic carbocycles. The molecular formula is C29H25BrClN5O2. The fourth-order valence-corrected chi connectivity index (χ4v) is 4.51. The molecule has 0 bridgehead atoms. The molecule has 0 saturated heterocycles. The van der Waals surface area contributed by atoms with E-state index in [0.717, 1.165) is 32.7 Å². The number of para-hydroxylation sites is 1. The summed E-state index contributed by atoms with van der Waals surface area (Å²) in [6.07, 6.45) is 1.13. The first-order valence-corrected chi connectivity index (χ1v) is 13.3. The highest BCUT2D eigenvalue weighted by atomic mass is 79.9. The van der Waals surface area contributed by atoms with Crippen LogP contribution in [0.3, 0.4) is 0 Å². The van der Waals surface area contributed by atoms with Crippen molar-refractivity contribution in [3.8, 4) is 17.0 Å². The van der Waals surface area contributed by atoms with Gasteiger partial charge >= 0.3 is 0 Å². The van der Waals surface area contributed by atoms with Crippen LogP contribution in [0.4, 0.5) is 5.82 Å². The molecule has 9 heteroatoms. The molecule has 0 fully saturated rings. The van der Waals surface area contributed by atoms with Crippen molar-refractivity contribution < 1.29 is 9.53 Å². The molecule has 2 N–H and O–H groups in total. The fourth-order valence-electron chi connectivity index (χ4n) is 3.93. The fraction of sp³-hybridized carbons (Fsp3) is 0.138. The van der Waals surface area contributed by atoms with Crippen molar-refractivity contribution >= 4 is 44.9 Å². The number of aromatic nitrogens is 3. The Morgan fingerprint density at radius 3 is 2.42 bits per heavy atom. The maximum Gasteiger partial charge on any atom is 0.261 e. The zero-order valence-electron chi connectivity index (χ0n) is 20.6. The van der Waals surface area contributed by atoms with Crippen molar-refractivity contribution in [2.45, 2.75) is 26.1 Å². The van der Waals surface area contributed by atoms with Crippen molar-refractivity contribution in [1.82, 2.24) is 19.9 Å². The molecule has 3 aromatic carbocycles. The third-order valence-electron chi connectivity index (χ3n) is 5.97. The number of fused-ring (bicyclic) bond motifs is 1. The third-order valence-corrected chi connectivity index (χ3v) is 6.86. The van der Waals surface area contributed by atoms with Gasteiger partial charge in [0.2, 0.25) is 0 Å². The summed E-state index contributed by atoms with van der Waals surface area (Å²) in [6.45, 7) is 2.73. The lowest BCUT2D eigenvalue weighted by Crippen LogP contribution is -2.35. The van der Waals surface area contributed by atoms with Gasteiger partial charge in [-0.25, -0.2) is 4.98 Å². The minimum Gasteiger partial charge on any atom is -0.481 e. The minimum atomic E-state index is -0.587. The van der Waals surface area contributed by atoms with Crippen molar-refractivity contribution in [2.24, 2.45) is 0 Å². The molecule has 38 heavy (non-hydrogen) atoms. The van der Waals surface area contributed by atoms with E-state index in [0.29, 0.717) is 29.5 Å². The van der Waals surface area contributed by atoms with Gasteiger partial charge in [-0.1, -0.05) is 72.3 Å². The summed E-state index contributed by atoms with van der Waals surface area (Å²) in [7, 11) is 0. The number of ether oxygens (including phenoxy) is 1. The van der Waals surface area contributed by atoms with Gasteiger partial charge in [0.1, 0.15) is 11.6 Å². The molecule has 0 saturated carbocycles. The molecule has 0 aliphatic heterocycles. The second-order valence-corrected chi connectivity index (χ2v) is 9.96. The number of anilines is 1. The van der Waals surface area contributed by atoms with E-state index in [-0.39, 0.29) is 5.91 Å². The van der Waals surface area contributed by atoms with E-state index in [9.17, 15) is 4.79 Å². The molecule has 1 atom stereocenters. The molecule has 7 nitrogen and oxygen atoms in total. The number of hydrogen-bond acceptors (Lipinski definition) is 5. The van der Waals surface area contributed by atoms with Gasteiger partial charge in [-0.2, -0.15) is 9.61 Å². The quantitative estimate of drug-likeness (QED) is 0.205. The lowest BCUT2D eigenvalue weighted by atomic mass is 10.1. The molecule has 0 spiro atoms. The summed E-state index contributed by atoms with van der Waals surface area (Å²) in [5.74, 6) is 1.29. The lowest BCUT2D eigenvalue weighted by Gasteiger charge is -2.15. The maximum absolute atomic E-state index is 12.4. The van der Waals surface area contributed by atoms with Gasteiger partial charge in [0.15, 0.2) is 11.8 Å². The zero-order chi connectivity index (χ0) is 26.5. The van der Waals surface area contributed by atoms with Gasteiger partial charge in [-0.05, 0) is 52.2 Å². The van der Waals surface area contributed by atoms with Gasteiger partial charge in [-0.3, -0.25) is 4.79 Å². The summed E-state index contributed by atoms with van der Waals surface area (Å²) in [4.78, 5) is 17.2.